The second-order valence-corrected chi connectivity index (χ2v) is 3.58. The van der Waals surface area contributed by atoms with Gasteiger partial charge in [0.05, 0.1) is 0 Å². The van der Waals surface area contributed by atoms with Crippen LogP contribution in [-0.2, 0) is 4.79 Å². The molecule has 3 nitrogen and oxygen atoms in total. The van der Waals surface area contributed by atoms with Crippen molar-refractivity contribution in [2.75, 3.05) is 11.1 Å². The number of terminal acetylenes is 1. The van der Waals surface area contributed by atoms with E-state index in [9.17, 15) is 4.79 Å². The van der Waals surface area contributed by atoms with Crippen molar-refractivity contribution in [1.82, 2.24) is 0 Å². The minimum absolute atomic E-state index is 0.0155. The van der Waals surface area contributed by atoms with Crippen molar-refractivity contribution in [1.29, 1.82) is 0 Å². The number of carbonyl (C=O) groups is 1. The Morgan fingerprint density at radius 3 is 2.62 bits per heavy atom. The van der Waals surface area contributed by atoms with Crippen LogP contribution in [0.2, 0.25) is 0 Å². The number of anilines is 2. The Kier molecular flexibility index (Phi) is 4.94. The molecule has 0 unspecified atom stereocenters. The molecule has 0 aromatic heterocycles. The minimum Gasteiger partial charge on any atom is -0.399 e. The van der Waals surface area contributed by atoms with Gasteiger partial charge in [-0.3, -0.25) is 4.79 Å². The van der Waals surface area contributed by atoms with Crippen molar-refractivity contribution in [3.05, 3.63) is 24.3 Å². The Morgan fingerprint density at radius 1 is 1.31 bits per heavy atom. The summed E-state index contributed by atoms with van der Waals surface area (Å²) in [6, 6.07) is 7.09. The molecule has 84 valence electrons. The summed E-state index contributed by atoms with van der Waals surface area (Å²) in [6.45, 7) is 0. The van der Waals surface area contributed by atoms with Crippen molar-refractivity contribution >= 4 is 17.3 Å². The predicted octanol–water partition coefficient (Wildman–Crippen LogP) is 2.40. The van der Waals surface area contributed by atoms with E-state index in [0.717, 1.165) is 24.9 Å². The van der Waals surface area contributed by atoms with Gasteiger partial charge in [0.15, 0.2) is 0 Å². The lowest BCUT2D eigenvalue weighted by molar-refractivity contribution is -0.116. The Hall–Kier alpha value is -1.95. The monoisotopic (exact) mass is 216 g/mol. The second kappa shape index (κ2) is 6.52. The smallest absolute Gasteiger partial charge is 0.224 e. The predicted molar refractivity (Wildman–Crippen MR) is 66.8 cm³/mol. The molecule has 0 radical (unpaired) electrons. The maximum Gasteiger partial charge on any atom is 0.224 e. The van der Waals surface area contributed by atoms with Gasteiger partial charge < -0.3 is 11.1 Å². The summed E-state index contributed by atoms with van der Waals surface area (Å²) in [6.07, 6.45) is 8.08. The Morgan fingerprint density at radius 2 is 2.00 bits per heavy atom. The number of nitrogen functional groups attached to an aromatic ring is 1. The highest BCUT2D eigenvalue weighted by molar-refractivity contribution is 5.90. The molecular formula is C13H16N2O. The molecule has 0 atom stereocenters. The third-order valence-electron chi connectivity index (χ3n) is 2.17. The summed E-state index contributed by atoms with van der Waals surface area (Å²) < 4.78 is 0. The van der Waals surface area contributed by atoms with Gasteiger partial charge in [0.25, 0.3) is 0 Å². The normalized spacial score (nSPS) is 9.44. The van der Waals surface area contributed by atoms with Gasteiger partial charge in [-0.15, -0.1) is 12.3 Å². The maximum atomic E-state index is 11.5. The maximum absolute atomic E-state index is 11.5. The molecule has 0 aliphatic rings. The van der Waals surface area contributed by atoms with E-state index in [1.165, 1.54) is 0 Å². The van der Waals surface area contributed by atoms with E-state index in [2.05, 4.69) is 11.2 Å². The van der Waals surface area contributed by atoms with Crippen molar-refractivity contribution < 1.29 is 4.79 Å². The zero-order chi connectivity index (χ0) is 11.8. The van der Waals surface area contributed by atoms with Crippen LogP contribution in [-0.4, -0.2) is 5.91 Å². The van der Waals surface area contributed by atoms with Crippen LogP contribution >= 0.6 is 0 Å². The van der Waals surface area contributed by atoms with Crippen LogP contribution in [0.1, 0.15) is 25.7 Å². The summed E-state index contributed by atoms with van der Waals surface area (Å²) in [5.74, 6) is 2.57. The molecule has 0 bridgehead atoms. The van der Waals surface area contributed by atoms with Gasteiger partial charge in [-0.25, -0.2) is 0 Å². The van der Waals surface area contributed by atoms with Gasteiger partial charge in [-0.1, -0.05) is 0 Å². The number of nitrogens with two attached hydrogens (primary N) is 1. The zero-order valence-electron chi connectivity index (χ0n) is 9.20. The summed E-state index contributed by atoms with van der Waals surface area (Å²) in [5, 5.41) is 2.80. The summed E-state index contributed by atoms with van der Waals surface area (Å²) in [4.78, 5) is 11.5. The van der Waals surface area contributed by atoms with Gasteiger partial charge in [0.1, 0.15) is 0 Å². The molecule has 0 saturated carbocycles. The molecule has 1 aromatic rings. The van der Waals surface area contributed by atoms with Gasteiger partial charge >= 0.3 is 0 Å². The lowest BCUT2D eigenvalue weighted by atomic mass is 10.2. The van der Waals surface area contributed by atoms with Gasteiger partial charge in [0.2, 0.25) is 5.91 Å². The van der Waals surface area contributed by atoms with E-state index in [4.69, 9.17) is 12.2 Å². The average molecular weight is 216 g/mol. The standard InChI is InChI=1S/C13H16N2O/c1-2-3-4-5-6-13(16)15-12-9-7-11(14)8-10-12/h1,7-10H,3-6,14H2,(H,15,16). The fourth-order valence-corrected chi connectivity index (χ4v) is 1.30. The highest BCUT2D eigenvalue weighted by Gasteiger charge is 2.01. The van der Waals surface area contributed by atoms with Crippen LogP contribution in [0.15, 0.2) is 24.3 Å². The summed E-state index contributed by atoms with van der Waals surface area (Å²) >= 11 is 0. The van der Waals surface area contributed by atoms with E-state index >= 15 is 0 Å². The molecule has 0 aliphatic heterocycles. The fraction of sp³-hybridized carbons (Fsp3) is 0.308. The molecule has 0 saturated heterocycles. The van der Waals surface area contributed by atoms with E-state index in [-0.39, 0.29) is 5.91 Å². The quantitative estimate of drug-likeness (QED) is 0.451. The van der Waals surface area contributed by atoms with Crippen molar-refractivity contribution in [2.45, 2.75) is 25.7 Å². The Labute approximate surface area is 96.0 Å². The Bertz CT molecular complexity index is 376. The molecule has 0 fully saturated rings. The number of amides is 1. The molecular weight excluding hydrogens is 200 g/mol. The highest BCUT2D eigenvalue weighted by Crippen LogP contribution is 2.11. The lowest BCUT2D eigenvalue weighted by Crippen LogP contribution is -2.10. The lowest BCUT2D eigenvalue weighted by Gasteiger charge is -2.04. The molecule has 1 rings (SSSR count). The van der Waals surface area contributed by atoms with Crippen LogP contribution < -0.4 is 11.1 Å². The first-order valence-electron chi connectivity index (χ1n) is 5.31. The Balaban J connectivity index is 2.29. The molecule has 16 heavy (non-hydrogen) atoms. The van der Waals surface area contributed by atoms with Crippen molar-refractivity contribution in [3.63, 3.8) is 0 Å². The van der Waals surface area contributed by atoms with E-state index in [1.54, 1.807) is 24.3 Å². The van der Waals surface area contributed by atoms with E-state index in [0.29, 0.717) is 12.1 Å². The van der Waals surface area contributed by atoms with Crippen LogP contribution in [0, 0.1) is 12.3 Å². The second-order valence-electron chi connectivity index (χ2n) is 3.58. The average Bonchev–Trinajstić information content (AvgIpc) is 2.28. The molecule has 1 aromatic carbocycles. The third-order valence-corrected chi connectivity index (χ3v) is 2.17. The number of rotatable bonds is 5. The fourth-order valence-electron chi connectivity index (χ4n) is 1.30. The van der Waals surface area contributed by atoms with E-state index < -0.39 is 0 Å². The molecule has 3 N–H and O–H groups in total. The van der Waals surface area contributed by atoms with Crippen LogP contribution in [0.25, 0.3) is 0 Å². The SMILES string of the molecule is C#CCCCCC(=O)Nc1ccc(N)cc1. The topological polar surface area (TPSA) is 55.1 Å². The number of hydrogen-bond donors (Lipinski definition) is 2. The molecule has 3 heteroatoms. The minimum atomic E-state index is 0.0155. The van der Waals surface area contributed by atoms with Crippen LogP contribution in [0.3, 0.4) is 0 Å². The number of unbranched alkanes of at least 4 members (excludes halogenated alkanes) is 2. The number of benzene rings is 1. The highest BCUT2D eigenvalue weighted by atomic mass is 16.1. The van der Waals surface area contributed by atoms with Crippen molar-refractivity contribution in [3.8, 4) is 12.3 Å². The largest absolute Gasteiger partial charge is 0.399 e. The molecule has 1 amide bonds. The van der Waals surface area contributed by atoms with E-state index in [1.807, 2.05) is 0 Å². The molecule has 0 spiro atoms. The first-order chi connectivity index (χ1) is 7.72. The van der Waals surface area contributed by atoms with Crippen molar-refractivity contribution in [2.24, 2.45) is 0 Å². The molecule has 0 aliphatic carbocycles. The summed E-state index contributed by atoms with van der Waals surface area (Å²) in [5.41, 5.74) is 7.00. The van der Waals surface area contributed by atoms with Crippen LogP contribution in [0.5, 0.6) is 0 Å². The van der Waals surface area contributed by atoms with Gasteiger partial charge in [-0.2, -0.15) is 0 Å². The summed E-state index contributed by atoms with van der Waals surface area (Å²) in [7, 11) is 0. The first kappa shape index (κ1) is 12.1. The number of nitrogens with one attached hydrogen (secondary N) is 1. The number of carbonyl (C=O) groups excluding carboxylic acids is 1. The van der Waals surface area contributed by atoms with Gasteiger partial charge in [-0.05, 0) is 37.1 Å². The van der Waals surface area contributed by atoms with Gasteiger partial charge in [0, 0.05) is 24.2 Å². The number of hydrogen-bond acceptors (Lipinski definition) is 2. The van der Waals surface area contributed by atoms with Crippen LogP contribution in [0.4, 0.5) is 11.4 Å². The zero-order valence-corrected chi connectivity index (χ0v) is 9.20. The first-order valence-corrected chi connectivity index (χ1v) is 5.31. The third kappa shape index (κ3) is 4.52. The molecule has 0 heterocycles.